The maximum Gasteiger partial charge on any atom is 0.235 e. The summed E-state index contributed by atoms with van der Waals surface area (Å²) in [6.45, 7) is 7.13. The molecule has 1 aliphatic heterocycles. The van der Waals surface area contributed by atoms with E-state index in [9.17, 15) is 15.0 Å². The first kappa shape index (κ1) is 22.0. The first-order valence-corrected chi connectivity index (χ1v) is 11.7. The lowest BCUT2D eigenvalue weighted by Gasteiger charge is -2.23. The number of hydrogen-bond acceptors (Lipinski definition) is 4. The molecule has 1 atom stereocenters. The van der Waals surface area contributed by atoms with Gasteiger partial charge in [-0.3, -0.25) is 4.79 Å². The van der Waals surface area contributed by atoms with Gasteiger partial charge >= 0.3 is 0 Å². The number of benzene rings is 2. The van der Waals surface area contributed by atoms with Crippen molar-refractivity contribution >= 4 is 22.5 Å². The molecule has 2 aliphatic rings. The van der Waals surface area contributed by atoms with Crippen molar-refractivity contribution in [3.05, 3.63) is 59.3 Å². The molecule has 6 heteroatoms. The average Bonchev–Trinajstić information content (AvgIpc) is 3.32. The van der Waals surface area contributed by atoms with E-state index in [4.69, 9.17) is 4.74 Å². The molecule has 2 heterocycles. The molecular weight excluding hydrogens is 416 g/mol. The van der Waals surface area contributed by atoms with Crippen LogP contribution < -0.4 is 10.1 Å². The fourth-order valence-electron chi connectivity index (χ4n) is 4.92. The van der Waals surface area contributed by atoms with Crippen molar-refractivity contribution in [1.82, 2.24) is 4.57 Å². The Morgan fingerprint density at radius 2 is 1.97 bits per heavy atom. The van der Waals surface area contributed by atoms with E-state index in [-0.39, 0.29) is 17.9 Å². The monoisotopic (exact) mass is 448 g/mol. The zero-order valence-electron chi connectivity index (χ0n) is 19.5. The van der Waals surface area contributed by atoms with Crippen LogP contribution in [-0.2, 0) is 28.6 Å². The van der Waals surface area contributed by atoms with E-state index in [0.29, 0.717) is 13.2 Å². The van der Waals surface area contributed by atoms with Crippen LogP contribution >= 0.6 is 0 Å². The van der Waals surface area contributed by atoms with Gasteiger partial charge in [0.15, 0.2) is 0 Å². The number of nitrogens with one attached hydrogen (secondary N) is 1. The van der Waals surface area contributed by atoms with Crippen LogP contribution in [0.25, 0.3) is 10.9 Å². The number of hydrogen-bond donors (Lipinski definition) is 3. The van der Waals surface area contributed by atoms with Crippen molar-refractivity contribution < 1.29 is 19.7 Å². The van der Waals surface area contributed by atoms with Crippen molar-refractivity contribution in [1.29, 1.82) is 0 Å². The van der Waals surface area contributed by atoms with Gasteiger partial charge in [-0.25, -0.2) is 0 Å². The highest BCUT2D eigenvalue weighted by molar-refractivity contribution is 6.02. The van der Waals surface area contributed by atoms with Crippen LogP contribution in [0.5, 0.6) is 5.75 Å². The largest absolute Gasteiger partial charge is 0.493 e. The Hall–Kier alpha value is -2.83. The van der Waals surface area contributed by atoms with E-state index in [1.165, 1.54) is 5.56 Å². The van der Waals surface area contributed by atoms with Gasteiger partial charge in [-0.15, -0.1) is 0 Å². The van der Waals surface area contributed by atoms with Crippen molar-refractivity contribution in [3.63, 3.8) is 0 Å². The smallest absolute Gasteiger partial charge is 0.235 e. The van der Waals surface area contributed by atoms with E-state index in [1.54, 1.807) is 0 Å². The molecule has 2 aromatic carbocycles. The molecule has 0 radical (unpaired) electrons. The van der Waals surface area contributed by atoms with Crippen LogP contribution in [0.1, 0.15) is 50.4 Å². The lowest BCUT2D eigenvalue weighted by Crippen LogP contribution is -2.27. The highest BCUT2D eigenvalue weighted by Gasteiger charge is 2.51. The lowest BCUT2D eigenvalue weighted by molar-refractivity contribution is -0.118. The normalized spacial score (nSPS) is 17.5. The summed E-state index contributed by atoms with van der Waals surface area (Å²) in [7, 11) is 0. The molecule has 6 nitrogen and oxygen atoms in total. The standard InChI is InChI=1S/C27H32N2O4/c1-26(2,3)24-13-18-12-20(6-7-22(18)29(24)15-21(31)16-30)28-25(32)27(9-10-27)19-5-4-17-8-11-33-23(17)14-19/h4-7,12-14,21,30-31H,8-11,15-16H2,1-3H3,(H,28,32)/t21-/m1/s1. The second-order valence-corrected chi connectivity index (χ2v) is 10.5. The Morgan fingerprint density at radius 3 is 2.67 bits per heavy atom. The quantitative estimate of drug-likeness (QED) is 0.534. The molecule has 5 rings (SSSR count). The number of aromatic nitrogens is 1. The number of rotatable bonds is 6. The summed E-state index contributed by atoms with van der Waals surface area (Å²) in [5, 5.41) is 23.6. The third-order valence-corrected chi connectivity index (χ3v) is 6.97. The number of carbonyl (C=O) groups excluding carboxylic acids is 1. The molecule has 0 unspecified atom stereocenters. The van der Waals surface area contributed by atoms with Gasteiger partial charge in [0.25, 0.3) is 0 Å². The number of anilines is 1. The van der Waals surface area contributed by atoms with E-state index in [0.717, 1.165) is 52.9 Å². The first-order chi connectivity index (χ1) is 15.7. The summed E-state index contributed by atoms with van der Waals surface area (Å²) in [5.74, 6) is 0.931. The molecule has 0 saturated heterocycles. The number of carbonyl (C=O) groups is 1. The van der Waals surface area contributed by atoms with Crippen molar-refractivity contribution in [2.24, 2.45) is 0 Å². The SMILES string of the molecule is CC(C)(C)c1cc2cc(NC(=O)C3(c4ccc5c(c4)OCC5)CC3)ccc2n1C[C@@H](O)CO. The number of amides is 1. The maximum absolute atomic E-state index is 13.3. The second-order valence-electron chi connectivity index (χ2n) is 10.5. The maximum atomic E-state index is 13.3. The molecule has 1 aliphatic carbocycles. The predicted octanol–water partition coefficient (Wildman–Crippen LogP) is 3.90. The van der Waals surface area contributed by atoms with Crippen molar-refractivity contribution in [3.8, 4) is 5.75 Å². The lowest BCUT2D eigenvalue weighted by atomic mass is 9.92. The fraction of sp³-hybridized carbons (Fsp3) is 0.444. The Kier molecular flexibility index (Phi) is 5.26. The molecule has 1 amide bonds. The molecule has 33 heavy (non-hydrogen) atoms. The summed E-state index contributed by atoms with van der Waals surface area (Å²) in [5.41, 5.74) is 4.44. The van der Waals surface area contributed by atoms with Gasteiger partial charge in [0.05, 0.1) is 31.3 Å². The van der Waals surface area contributed by atoms with E-state index >= 15 is 0 Å². The van der Waals surface area contributed by atoms with Gasteiger partial charge in [-0.05, 0) is 54.3 Å². The van der Waals surface area contributed by atoms with E-state index in [2.05, 4.69) is 48.9 Å². The van der Waals surface area contributed by atoms with Crippen LogP contribution in [0.4, 0.5) is 5.69 Å². The van der Waals surface area contributed by atoms with Gasteiger partial charge in [0.2, 0.25) is 5.91 Å². The Morgan fingerprint density at radius 1 is 1.18 bits per heavy atom. The fourth-order valence-corrected chi connectivity index (χ4v) is 4.92. The summed E-state index contributed by atoms with van der Waals surface area (Å²) < 4.78 is 7.78. The zero-order valence-corrected chi connectivity index (χ0v) is 19.5. The van der Waals surface area contributed by atoms with Crippen LogP contribution in [0.3, 0.4) is 0 Å². The molecule has 174 valence electrons. The van der Waals surface area contributed by atoms with Crippen LogP contribution in [0, 0.1) is 0 Å². The molecular formula is C27H32N2O4. The molecule has 0 spiro atoms. The number of nitrogens with zero attached hydrogens (tertiary/aromatic N) is 1. The van der Waals surface area contributed by atoms with Crippen LogP contribution in [0.2, 0.25) is 0 Å². The molecule has 1 fully saturated rings. The molecule has 0 bridgehead atoms. The van der Waals surface area contributed by atoms with Gasteiger partial charge in [-0.1, -0.05) is 32.9 Å². The zero-order chi connectivity index (χ0) is 23.4. The predicted molar refractivity (Wildman–Crippen MR) is 129 cm³/mol. The van der Waals surface area contributed by atoms with E-state index in [1.807, 2.05) is 24.3 Å². The van der Waals surface area contributed by atoms with E-state index < -0.39 is 11.5 Å². The topological polar surface area (TPSA) is 83.7 Å². The third-order valence-electron chi connectivity index (χ3n) is 6.97. The first-order valence-electron chi connectivity index (χ1n) is 11.7. The van der Waals surface area contributed by atoms with Crippen molar-refractivity contribution in [2.75, 3.05) is 18.5 Å². The molecule has 3 N–H and O–H groups in total. The number of aliphatic hydroxyl groups excluding tert-OH is 2. The van der Waals surface area contributed by atoms with Gasteiger partial charge in [0.1, 0.15) is 5.75 Å². The summed E-state index contributed by atoms with van der Waals surface area (Å²) in [6.07, 6.45) is 1.78. The molecule has 3 aromatic rings. The minimum atomic E-state index is -0.827. The summed E-state index contributed by atoms with van der Waals surface area (Å²) in [6, 6.07) is 14.2. The summed E-state index contributed by atoms with van der Waals surface area (Å²) >= 11 is 0. The minimum absolute atomic E-state index is 0.0194. The Bertz CT molecular complexity index is 1220. The van der Waals surface area contributed by atoms with Crippen LogP contribution in [-0.4, -0.2) is 40.0 Å². The molecule has 1 aromatic heterocycles. The van der Waals surface area contributed by atoms with Crippen LogP contribution in [0.15, 0.2) is 42.5 Å². The number of ether oxygens (including phenoxy) is 1. The second kappa shape index (κ2) is 7.89. The number of aliphatic hydroxyl groups is 2. The average molecular weight is 449 g/mol. The number of fused-ring (bicyclic) bond motifs is 2. The van der Waals surface area contributed by atoms with Gasteiger partial charge in [-0.2, -0.15) is 0 Å². The van der Waals surface area contributed by atoms with Crippen molar-refractivity contribution in [2.45, 2.75) is 63.5 Å². The highest BCUT2D eigenvalue weighted by Crippen LogP contribution is 2.50. The van der Waals surface area contributed by atoms with Gasteiger partial charge < -0.3 is 24.8 Å². The Balaban J connectivity index is 1.43. The Labute approximate surface area is 194 Å². The highest BCUT2D eigenvalue weighted by atomic mass is 16.5. The summed E-state index contributed by atoms with van der Waals surface area (Å²) in [4.78, 5) is 13.3. The minimum Gasteiger partial charge on any atom is -0.493 e. The third kappa shape index (κ3) is 3.91. The molecule has 1 saturated carbocycles. The van der Waals surface area contributed by atoms with Gasteiger partial charge in [0, 0.05) is 34.1 Å².